The fourth-order valence-electron chi connectivity index (χ4n) is 4.70. The van der Waals surface area contributed by atoms with Crippen LogP contribution in [0.25, 0.3) is 0 Å². The maximum Gasteiger partial charge on any atom is 0.330 e. The largest absolute Gasteiger partial charge is 0.330 e. The molecule has 12 heteroatoms. The first-order valence-electron chi connectivity index (χ1n) is 11.6. The van der Waals surface area contributed by atoms with Crippen molar-refractivity contribution in [2.24, 2.45) is 0 Å². The number of hydrogen-bond donors (Lipinski definition) is 2. The Morgan fingerprint density at radius 2 is 1.08 bits per heavy atom. The van der Waals surface area contributed by atoms with Gasteiger partial charge in [-0.1, -0.05) is 36.4 Å². The van der Waals surface area contributed by atoms with E-state index in [0.717, 1.165) is 21.2 Å². The molecule has 0 spiro atoms. The summed E-state index contributed by atoms with van der Waals surface area (Å²) in [4.78, 5) is 29.5. The van der Waals surface area contributed by atoms with Crippen LogP contribution in [0.5, 0.6) is 0 Å². The third-order valence-electron chi connectivity index (χ3n) is 6.38. The van der Waals surface area contributed by atoms with Gasteiger partial charge in [0.15, 0.2) is 36.5 Å². The predicted octanol–water partition coefficient (Wildman–Crippen LogP) is 1.33. The van der Waals surface area contributed by atoms with Crippen LogP contribution in [-0.4, -0.2) is 61.9 Å². The second-order valence-corrected chi connectivity index (χ2v) is 10.2. The van der Waals surface area contributed by atoms with Crippen molar-refractivity contribution in [2.75, 3.05) is 61.8 Å². The molecule has 0 bridgehead atoms. The fraction of sp³-hybridized carbons (Fsp3) is 0.333. The van der Waals surface area contributed by atoms with Gasteiger partial charge in [0, 0.05) is 11.4 Å². The third kappa shape index (κ3) is 5.67. The van der Waals surface area contributed by atoms with Crippen molar-refractivity contribution >= 4 is 34.9 Å². The number of nitrogens with one attached hydrogen (secondary N) is 2. The Kier molecular flexibility index (Phi) is 8.52. The van der Waals surface area contributed by atoms with Gasteiger partial charge in [-0.15, -0.1) is 23.5 Å². The van der Waals surface area contributed by atoms with Crippen molar-refractivity contribution in [3.8, 4) is 0 Å². The molecule has 0 aliphatic carbocycles. The van der Waals surface area contributed by atoms with Gasteiger partial charge in [0.05, 0.1) is 9.85 Å². The average molecular weight is 531 g/mol. The van der Waals surface area contributed by atoms with Gasteiger partial charge in [0.25, 0.3) is 0 Å². The smallest absolute Gasteiger partial charge is 0.304 e. The first kappa shape index (κ1) is 26.0. The maximum absolute atomic E-state index is 11.9. The van der Waals surface area contributed by atoms with Crippen molar-refractivity contribution in [3.05, 3.63) is 102 Å². The lowest BCUT2D eigenvalue weighted by Gasteiger charge is -2.36. The topological polar surface area (TPSA) is 102 Å². The van der Waals surface area contributed by atoms with Crippen molar-refractivity contribution in [1.82, 2.24) is 0 Å². The van der Waals surface area contributed by atoms with Crippen molar-refractivity contribution in [3.63, 3.8) is 0 Å². The van der Waals surface area contributed by atoms with E-state index in [0.29, 0.717) is 49.6 Å². The van der Waals surface area contributed by atoms with Crippen LogP contribution in [0.4, 0.5) is 11.4 Å². The number of nitrogens with zero attached hydrogens (tertiary/aromatic N) is 4. The zero-order valence-corrected chi connectivity index (χ0v) is 21.9. The molecular formula is C24H30N6O4S2+2. The second kappa shape index (κ2) is 11.8. The number of anilines is 2. The van der Waals surface area contributed by atoms with Crippen LogP contribution >= 0.6 is 23.5 Å². The Bertz CT molecular complexity index is 1070. The maximum atomic E-state index is 11.9. The summed E-state index contributed by atoms with van der Waals surface area (Å²) in [5.74, 6) is 0. The molecule has 2 aromatic carbocycles. The first-order valence-corrected chi connectivity index (χ1v) is 14.0. The summed E-state index contributed by atoms with van der Waals surface area (Å²) in [6.45, 7) is 3.13. The molecule has 0 saturated carbocycles. The summed E-state index contributed by atoms with van der Waals surface area (Å²) in [6.07, 6.45) is 3.73. The molecule has 2 atom stereocenters. The zero-order chi connectivity index (χ0) is 25.7. The summed E-state index contributed by atoms with van der Waals surface area (Å²) in [5.41, 5.74) is 2.26. The standard InChI is InChI=1S/C24H28N6O4S2/c1-35-23-21(29(31)32)15-25(17-27(23)19-9-5-3-6-10-19)13-14-26-16-22(30(33)34)24(36-2)28(18-26)20-11-7-4-8-12-20/h3-12H,13-18H2,1-2H3/p+2. The summed E-state index contributed by atoms with van der Waals surface area (Å²) in [5, 5.41) is 25.2. The summed E-state index contributed by atoms with van der Waals surface area (Å²) >= 11 is 2.79. The minimum absolute atomic E-state index is 0.211. The van der Waals surface area contributed by atoms with E-state index < -0.39 is 0 Å². The van der Waals surface area contributed by atoms with Crippen LogP contribution in [0, 0.1) is 20.2 Å². The van der Waals surface area contributed by atoms with Gasteiger partial charge in [-0.2, -0.15) is 0 Å². The van der Waals surface area contributed by atoms with E-state index in [-0.39, 0.29) is 21.2 Å². The Labute approximate surface area is 218 Å². The summed E-state index contributed by atoms with van der Waals surface area (Å²) in [7, 11) is 0. The lowest BCUT2D eigenvalue weighted by atomic mass is 10.2. The zero-order valence-electron chi connectivity index (χ0n) is 20.3. The van der Waals surface area contributed by atoms with Gasteiger partial charge in [-0.25, -0.2) is 0 Å². The molecule has 0 radical (unpaired) electrons. The van der Waals surface area contributed by atoms with Crippen LogP contribution in [-0.2, 0) is 0 Å². The lowest BCUT2D eigenvalue weighted by molar-refractivity contribution is -0.958. The van der Waals surface area contributed by atoms with Gasteiger partial charge in [-0.05, 0) is 36.8 Å². The Morgan fingerprint density at radius 1 is 0.722 bits per heavy atom. The Balaban J connectivity index is 1.55. The average Bonchev–Trinajstić information content (AvgIpc) is 2.91. The number of hydrogen-bond acceptors (Lipinski definition) is 8. The van der Waals surface area contributed by atoms with Gasteiger partial charge >= 0.3 is 11.4 Å². The Hall–Kier alpha value is -3.06. The van der Waals surface area contributed by atoms with Crippen molar-refractivity contribution in [2.45, 2.75) is 0 Å². The first-order chi connectivity index (χ1) is 17.4. The van der Waals surface area contributed by atoms with Crippen LogP contribution in [0.1, 0.15) is 0 Å². The number of thioether (sulfide) groups is 2. The molecule has 2 aliphatic rings. The highest BCUT2D eigenvalue weighted by Gasteiger charge is 2.39. The van der Waals surface area contributed by atoms with Gasteiger partial charge < -0.3 is 9.80 Å². The monoisotopic (exact) mass is 530 g/mol. The molecule has 0 aromatic heterocycles. The summed E-state index contributed by atoms with van der Waals surface area (Å²) < 4.78 is 0. The number of rotatable bonds is 9. The van der Waals surface area contributed by atoms with Gasteiger partial charge in [0.2, 0.25) is 0 Å². The molecule has 0 fully saturated rings. The second-order valence-electron chi connectivity index (χ2n) is 8.62. The Morgan fingerprint density at radius 3 is 1.39 bits per heavy atom. The highest BCUT2D eigenvalue weighted by Crippen LogP contribution is 2.29. The SMILES string of the molecule is CSC1=C([N+](=O)[O-])C[NH+](CC[NH+]2CC([N+](=O)[O-])=C(SC)N(c3ccccc3)C2)CN1c1ccccc1. The van der Waals surface area contributed by atoms with Crippen LogP contribution in [0.15, 0.2) is 82.1 Å². The number of benzene rings is 2. The molecule has 10 nitrogen and oxygen atoms in total. The van der Waals surface area contributed by atoms with Crippen molar-refractivity contribution < 1.29 is 19.6 Å². The molecule has 0 saturated heterocycles. The van der Waals surface area contributed by atoms with E-state index in [9.17, 15) is 20.2 Å². The van der Waals surface area contributed by atoms with E-state index in [1.807, 2.05) is 83.0 Å². The third-order valence-corrected chi connectivity index (χ3v) is 8.06. The molecule has 0 amide bonds. The van der Waals surface area contributed by atoms with E-state index in [1.54, 1.807) is 0 Å². The molecule has 4 rings (SSSR count). The minimum atomic E-state index is -0.274. The molecule has 36 heavy (non-hydrogen) atoms. The highest BCUT2D eigenvalue weighted by molar-refractivity contribution is 8.02. The molecule has 2 unspecified atom stereocenters. The van der Waals surface area contributed by atoms with Crippen LogP contribution in [0.2, 0.25) is 0 Å². The summed E-state index contributed by atoms with van der Waals surface area (Å²) in [6, 6.07) is 19.4. The molecule has 2 aliphatic heterocycles. The number of para-hydroxylation sites is 2. The van der Waals surface area contributed by atoms with E-state index in [4.69, 9.17) is 0 Å². The van der Waals surface area contributed by atoms with Gasteiger partial charge in [0.1, 0.15) is 13.1 Å². The molecule has 2 aromatic rings. The lowest BCUT2D eigenvalue weighted by Crippen LogP contribution is -3.22. The minimum Gasteiger partial charge on any atom is -0.304 e. The van der Waals surface area contributed by atoms with Crippen LogP contribution < -0.4 is 19.6 Å². The van der Waals surface area contributed by atoms with E-state index >= 15 is 0 Å². The molecule has 2 N–H and O–H groups in total. The normalized spacial score (nSPS) is 20.6. The highest BCUT2D eigenvalue weighted by atomic mass is 32.2. The predicted molar refractivity (Wildman–Crippen MR) is 144 cm³/mol. The fourth-order valence-corrected chi connectivity index (χ4v) is 6.25. The number of nitro groups is 2. The quantitative estimate of drug-likeness (QED) is 0.370. The molecule has 190 valence electrons. The van der Waals surface area contributed by atoms with Gasteiger partial charge in [-0.3, -0.25) is 30.0 Å². The molecule has 2 heterocycles. The van der Waals surface area contributed by atoms with Crippen molar-refractivity contribution in [1.29, 1.82) is 0 Å². The van der Waals surface area contributed by atoms with Crippen LogP contribution in [0.3, 0.4) is 0 Å². The van der Waals surface area contributed by atoms with E-state index in [2.05, 4.69) is 0 Å². The number of quaternary nitrogens is 2. The van der Waals surface area contributed by atoms with E-state index in [1.165, 1.54) is 23.5 Å². The molecular weight excluding hydrogens is 500 g/mol.